The molecule has 0 aliphatic heterocycles. The molecule has 0 fully saturated rings. The number of hydrogen-bond acceptors (Lipinski definition) is 5. The standard InChI is InChI=1S/C7H5NO4S/c9-4-8-5-1-2-6(10)7(3-5)13(11)12/h1-3,6,10H. The third kappa shape index (κ3) is 2.22. The van der Waals surface area contributed by atoms with E-state index in [0.717, 1.165) is 6.08 Å². The Morgan fingerprint density at radius 2 is 2.23 bits per heavy atom. The highest BCUT2D eigenvalue weighted by molar-refractivity contribution is 7.73. The summed E-state index contributed by atoms with van der Waals surface area (Å²) in [5.74, 6) is 0. The molecule has 0 amide bonds. The molecule has 0 saturated heterocycles. The van der Waals surface area contributed by atoms with E-state index in [1.165, 1.54) is 18.2 Å². The summed E-state index contributed by atoms with van der Waals surface area (Å²) in [5.41, 5.74) is 0.152. The number of allylic oxidation sites excluding steroid dienone is 1. The van der Waals surface area contributed by atoms with E-state index in [2.05, 4.69) is 4.99 Å². The molecular formula is C7H5NO4S. The van der Waals surface area contributed by atoms with Crippen LogP contribution in [0.5, 0.6) is 0 Å². The van der Waals surface area contributed by atoms with E-state index in [1.807, 2.05) is 0 Å². The smallest absolute Gasteiger partial charge is 0.240 e. The van der Waals surface area contributed by atoms with Gasteiger partial charge in [0.2, 0.25) is 16.4 Å². The van der Waals surface area contributed by atoms with Gasteiger partial charge in [0.25, 0.3) is 0 Å². The first-order chi connectivity index (χ1) is 6.15. The van der Waals surface area contributed by atoms with Crippen molar-refractivity contribution in [1.29, 1.82) is 0 Å². The van der Waals surface area contributed by atoms with Gasteiger partial charge in [0, 0.05) is 0 Å². The van der Waals surface area contributed by atoms with Gasteiger partial charge in [-0.25, -0.2) is 4.79 Å². The highest BCUT2D eigenvalue weighted by Crippen LogP contribution is 2.08. The normalized spacial score (nSPS) is 20.5. The molecule has 1 atom stereocenters. The van der Waals surface area contributed by atoms with Crippen LogP contribution in [0.1, 0.15) is 0 Å². The van der Waals surface area contributed by atoms with Crippen LogP contribution in [0, 0.1) is 0 Å². The summed E-state index contributed by atoms with van der Waals surface area (Å²) in [5, 5.41) is 9.12. The molecule has 0 aromatic carbocycles. The number of aliphatic hydroxyl groups is 1. The lowest BCUT2D eigenvalue weighted by atomic mass is 10.1. The number of aliphatic imine (C=N–C) groups is 1. The minimum absolute atomic E-state index is 0.152. The summed E-state index contributed by atoms with van der Waals surface area (Å²) in [7, 11) is -2.51. The van der Waals surface area contributed by atoms with E-state index in [4.69, 9.17) is 5.11 Å². The van der Waals surface area contributed by atoms with Crippen molar-refractivity contribution in [3.63, 3.8) is 0 Å². The van der Waals surface area contributed by atoms with Crippen molar-refractivity contribution in [3.05, 3.63) is 23.9 Å². The van der Waals surface area contributed by atoms with Crippen molar-refractivity contribution in [2.75, 3.05) is 0 Å². The molecule has 0 bridgehead atoms. The molecule has 1 aliphatic rings. The molecule has 0 radical (unpaired) electrons. The van der Waals surface area contributed by atoms with Crippen LogP contribution in [0.4, 0.5) is 0 Å². The molecule has 68 valence electrons. The average Bonchev–Trinajstić information content (AvgIpc) is 2.08. The molecule has 0 spiro atoms. The number of hydrogen-bond donors (Lipinski definition) is 1. The Bertz CT molecular complexity index is 443. The van der Waals surface area contributed by atoms with Gasteiger partial charge in [0.1, 0.15) is 11.0 Å². The van der Waals surface area contributed by atoms with Gasteiger partial charge in [0.15, 0.2) is 0 Å². The van der Waals surface area contributed by atoms with E-state index in [0.29, 0.717) is 0 Å². The maximum absolute atomic E-state index is 10.5. The maximum Gasteiger partial charge on any atom is 0.240 e. The molecule has 13 heavy (non-hydrogen) atoms. The Morgan fingerprint density at radius 1 is 1.54 bits per heavy atom. The van der Waals surface area contributed by atoms with Gasteiger partial charge in [-0.05, 0) is 18.2 Å². The van der Waals surface area contributed by atoms with Gasteiger partial charge in [-0.1, -0.05) is 0 Å². The maximum atomic E-state index is 10.5. The Kier molecular flexibility index (Phi) is 2.92. The fourth-order valence-electron chi connectivity index (χ4n) is 0.833. The lowest BCUT2D eigenvalue weighted by molar-refractivity contribution is 0.291. The van der Waals surface area contributed by atoms with Gasteiger partial charge >= 0.3 is 0 Å². The molecule has 0 heterocycles. The number of aliphatic hydroxyl groups excluding tert-OH is 1. The van der Waals surface area contributed by atoms with Crippen LogP contribution in [-0.4, -0.2) is 30.6 Å². The number of rotatable bonds is 1. The van der Waals surface area contributed by atoms with Crippen molar-refractivity contribution in [1.82, 2.24) is 0 Å². The van der Waals surface area contributed by atoms with Crippen molar-refractivity contribution in [2.45, 2.75) is 6.10 Å². The van der Waals surface area contributed by atoms with Crippen LogP contribution < -0.4 is 0 Å². The van der Waals surface area contributed by atoms with Crippen LogP contribution >= 0.6 is 0 Å². The Labute approximate surface area is 75.3 Å². The van der Waals surface area contributed by atoms with Crippen molar-refractivity contribution in [2.24, 2.45) is 4.99 Å². The molecule has 1 rings (SSSR count). The zero-order chi connectivity index (χ0) is 9.84. The van der Waals surface area contributed by atoms with E-state index < -0.39 is 16.4 Å². The quantitative estimate of drug-likeness (QED) is 0.340. The van der Waals surface area contributed by atoms with Gasteiger partial charge in [-0.2, -0.15) is 13.4 Å². The third-order valence-corrected chi connectivity index (χ3v) is 2.14. The highest BCUT2D eigenvalue weighted by atomic mass is 32.2. The molecule has 1 N–H and O–H groups in total. The molecule has 0 aromatic rings. The van der Waals surface area contributed by atoms with Gasteiger partial charge in [0.05, 0.1) is 5.70 Å². The zero-order valence-corrected chi connectivity index (χ0v) is 7.15. The molecule has 5 nitrogen and oxygen atoms in total. The minimum Gasteiger partial charge on any atom is -0.383 e. The second kappa shape index (κ2) is 3.95. The summed E-state index contributed by atoms with van der Waals surface area (Å²) < 4.78 is 21.0. The van der Waals surface area contributed by atoms with Crippen LogP contribution in [0.25, 0.3) is 0 Å². The summed E-state index contributed by atoms with van der Waals surface area (Å²) in [6, 6.07) is 0. The Hall–Kier alpha value is -1.49. The predicted molar refractivity (Wildman–Crippen MR) is 45.3 cm³/mol. The number of isocyanates is 1. The van der Waals surface area contributed by atoms with Crippen LogP contribution in [0.3, 0.4) is 0 Å². The van der Waals surface area contributed by atoms with Gasteiger partial charge < -0.3 is 5.11 Å². The highest BCUT2D eigenvalue weighted by Gasteiger charge is 2.13. The number of carbonyl (C=O) groups excluding carboxylic acids is 1. The Balaban J connectivity index is 3.23. The van der Waals surface area contributed by atoms with E-state index in [1.54, 1.807) is 0 Å². The first-order valence-corrected chi connectivity index (χ1v) is 4.34. The first-order valence-electron chi connectivity index (χ1n) is 3.27. The monoisotopic (exact) mass is 199 g/mol. The zero-order valence-electron chi connectivity index (χ0n) is 6.34. The molecule has 0 saturated carbocycles. The third-order valence-electron chi connectivity index (χ3n) is 1.40. The van der Waals surface area contributed by atoms with Crippen LogP contribution in [-0.2, 0) is 15.1 Å². The largest absolute Gasteiger partial charge is 0.383 e. The summed E-state index contributed by atoms with van der Waals surface area (Å²) >= 11 is 0. The second-order valence-corrected chi connectivity index (χ2v) is 3.15. The fourth-order valence-corrected chi connectivity index (χ4v) is 1.33. The Morgan fingerprint density at radius 3 is 2.77 bits per heavy atom. The average molecular weight is 199 g/mol. The molecule has 6 heteroatoms. The molecule has 1 aliphatic carbocycles. The van der Waals surface area contributed by atoms with E-state index >= 15 is 0 Å². The van der Waals surface area contributed by atoms with Gasteiger partial charge in [-0.15, -0.1) is 0 Å². The van der Waals surface area contributed by atoms with Crippen LogP contribution in [0.2, 0.25) is 0 Å². The van der Waals surface area contributed by atoms with E-state index in [9.17, 15) is 13.2 Å². The first kappa shape index (κ1) is 9.60. The van der Waals surface area contributed by atoms with Crippen LogP contribution in [0.15, 0.2) is 28.9 Å². The minimum atomic E-state index is -2.51. The second-order valence-electron chi connectivity index (χ2n) is 2.21. The lowest BCUT2D eigenvalue weighted by Crippen LogP contribution is -2.19. The number of nitrogens with zero attached hydrogens (tertiary/aromatic N) is 1. The van der Waals surface area contributed by atoms with Crippen molar-refractivity contribution < 1.29 is 18.3 Å². The fraction of sp³-hybridized carbons (Fsp3) is 0.143. The molecule has 1 unspecified atom stereocenters. The van der Waals surface area contributed by atoms with Crippen molar-refractivity contribution >= 4 is 21.2 Å². The lowest BCUT2D eigenvalue weighted by Gasteiger charge is -2.06. The summed E-state index contributed by atoms with van der Waals surface area (Å²) in [6.45, 7) is 0. The van der Waals surface area contributed by atoms with E-state index in [-0.39, 0.29) is 10.6 Å². The SMILES string of the molecule is O=C=NC1=CC(=S(=O)=O)C(O)C=C1. The topological polar surface area (TPSA) is 83.8 Å². The molecular weight excluding hydrogens is 194 g/mol. The summed E-state index contributed by atoms with van der Waals surface area (Å²) in [4.78, 5) is 12.8. The van der Waals surface area contributed by atoms with Crippen molar-refractivity contribution in [3.8, 4) is 0 Å². The van der Waals surface area contributed by atoms with Gasteiger partial charge in [-0.3, -0.25) is 0 Å². The summed E-state index contributed by atoms with van der Waals surface area (Å²) in [6.07, 6.45) is 3.78. The predicted octanol–water partition coefficient (Wildman–Crippen LogP) is -0.812. The molecule has 0 aromatic heterocycles.